The number of carbonyl (C=O) groups is 3. The summed E-state index contributed by atoms with van der Waals surface area (Å²) in [5.41, 5.74) is 0. The van der Waals surface area contributed by atoms with Crippen LogP contribution in [0.5, 0.6) is 0 Å². The number of aliphatic hydroxyl groups is 1. The smallest absolute Gasteiger partial charge is 0.326 e. The van der Waals surface area contributed by atoms with Crippen LogP contribution in [-0.2, 0) is 14.3 Å². The molecule has 1 heterocycles. The highest BCUT2D eigenvalue weighted by atomic mass is 16.5. The number of carboxylic acid groups (broad SMARTS) is 1. The van der Waals surface area contributed by atoms with Crippen molar-refractivity contribution in [2.24, 2.45) is 5.92 Å². The van der Waals surface area contributed by atoms with Crippen molar-refractivity contribution in [2.75, 3.05) is 26.3 Å². The zero-order chi connectivity index (χ0) is 15.8. The fourth-order valence-electron chi connectivity index (χ4n) is 2.21. The molecule has 1 rings (SSSR count). The van der Waals surface area contributed by atoms with Gasteiger partial charge in [0.1, 0.15) is 6.04 Å². The minimum atomic E-state index is -1.18. The third-order valence-electron chi connectivity index (χ3n) is 3.42. The van der Waals surface area contributed by atoms with E-state index in [2.05, 4.69) is 5.32 Å². The molecule has 1 saturated heterocycles. The SMILES string of the molecule is CCOC(=O)C1CCN(C(=O)N[C@H](CCO)C(=O)O)CC1. The zero-order valence-electron chi connectivity index (χ0n) is 12.1. The van der Waals surface area contributed by atoms with Crippen LogP contribution in [0.2, 0.25) is 0 Å². The zero-order valence-corrected chi connectivity index (χ0v) is 12.1. The molecule has 0 radical (unpaired) electrons. The number of nitrogens with zero attached hydrogens (tertiary/aromatic N) is 1. The minimum absolute atomic E-state index is 0.0413. The quantitative estimate of drug-likeness (QED) is 0.585. The molecular weight excluding hydrogens is 280 g/mol. The van der Waals surface area contributed by atoms with Crippen LogP contribution in [0.25, 0.3) is 0 Å². The molecule has 0 aromatic heterocycles. The summed E-state index contributed by atoms with van der Waals surface area (Å²) in [6.07, 6.45) is 0.967. The van der Waals surface area contributed by atoms with Gasteiger partial charge in [-0.25, -0.2) is 9.59 Å². The predicted molar refractivity (Wildman–Crippen MR) is 72.6 cm³/mol. The van der Waals surface area contributed by atoms with Gasteiger partial charge in [-0.1, -0.05) is 0 Å². The Bertz CT molecular complexity index is 379. The van der Waals surface area contributed by atoms with E-state index in [1.807, 2.05) is 0 Å². The molecule has 8 nitrogen and oxygen atoms in total. The highest BCUT2D eigenvalue weighted by Crippen LogP contribution is 2.18. The lowest BCUT2D eigenvalue weighted by atomic mass is 9.97. The second kappa shape index (κ2) is 8.46. The van der Waals surface area contributed by atoms with Crippen LogP contribution >= 0.6 is 0 Å². The number of urea groups is 1. The van der Waals surface area contributed by atoms with E-state index in [0.29, 0.717) is 32.5 Å². The molecule has 1 atom stereocenters. The number of amides is 2. The fraction of sp³-hybridized carbons (Fsp3) is 0.769. The molecule has 2 amide bonds. The van der Waals surface area contributed by atoms with Gasteiger partial charge < -0.3 is 25.2 Å². The predicted octanol–water partition coefficient (Wildman–Crippen LogP) is -0.193. The molecule has 0 aromatic carbocycles. The van der Waals surface area contributed by atoms with E-state index in [0.717, 1.165) is 0 Å². The summed E-state index contributed by atoms with van der Waals surface area (Å²) in [6.45, 7) is 2.51. The van der Waals surface area contributed by atoms with E-state index in [1.165, 1.54) is 4.90 Å². The summed E-state index contributed by atoms with van der Waals surface area (Å²) in [4.78, 5) is 35.9. The van der Waals surface area contributed by atoms with Gasteiger partial charge >= 0.3 is 18.0 Å². The molecule has 120 valence electrons. The number of rotatable bonds is 6. The van der Waals surface area contributed by atoms with E-state index in [-0.39, 0.29) is 24.9 Å². The second-order valence-corrected chi connectivity index (χ2v) is 4.87. The van der Waals surface area contributed by atoms with Crippen LogP contribution in [0.1, 0.15) is 26.2 Å². The lowest BCUT2D eigenvalue weighted by Crippen LogP contribution is -2.51. The van der Waals surface area contributed by atoms with Crippen molar-refractivity contribution >= 4 is 18.0 Å². The van der Waals surface area contributed by atoms with Crippen LogP contribution < -0.4 is 5.32 Å². The van der Waals surface area contributed by atoms with Crippen LogP contribution in [0.15, 0.2) is 0 Å². The first-order valence-electron chi connectivity index (χ1n) is 7.05. The number of esters is 1. The van der Waals surface area contributed by atoms with Gasteiger partial charge in [-0.15, -0.1) is 0 Å². The third kappa shape index (κ3) is 5.22. The first kappa shape index (κ1) is 17.2. The van der Waals surface area contributed by atoms with Gasteiger partial charge in [0.25, 0.3) is 0 Å². The largest absolute Gasteiger partial charge is 0.480 e. The Hall–Kier alpha value is -1.83. The topological polar surface area (TPSA) is 116 Å². The Kier molecular flexibility index (Phi) is 6.93. The summed E-state index contributed by atoms with van der Waals surface area (Å²) in [5.74, 6) is -1.64. The third-order valence-corrected chi connectivity index (χ3v) is 3.42. The van der Waals surface area contributed by atoms with Crippen molar-refractivity contribution in [3.8, 4) is 0 Å². The molecule has 0 aliphatic carbocycles. The number of hydrogen-bond acceptors (Lipinski definition) is 5. The van der Waals surface area contributed by atoms with E-state index >= 15 is 0 Å². The second-order valence-electron chi connectivity index (χ2n) is 4.87. The van der Waals surface area contributed by atoms with Crippen LogP contribution in [0, 0.1) is 5.92 Å². The van der Waals surface area contributed by atoms with E-state index in [1.54, 1.807) is 6.92 Å². The maximum absolute atomic E-state index is 11.9. The molecule has 1 fully saturated rings. The molecule has 8 heteroatoms. The molecule has 1 aliphatic heterocycles. The molecule has 1 aliphatic rings. The number of piperidine rings is 1. The number of nitrogens with one attached hydrogen (secondary N) is 1. The standard InChI is InChI=1S/C13H22N2O6/c1-2-21-12(19)9-3-6-15(7-4-9)13(20)14-10(5-8-16)11(17)18/h9-10,16H,2-8H2,1H3,(H,14,20)(H,17,18)/t10-/m1/s1. The van der Waals surface area contributed by atoms with E-state index in [4.69, 9.17) is 14.9 Å². The van der Waals surface area contributed by atoms with Crippen molar-refractivity contribution in [2.45, 2.75) is 32.2 Å². The number of aliphatic hydroxyl groups excluding tert-OH is 1. The van der Waals surface area contributed by atoms with Crippen molar-refractivity contribution in [3.63, 3.8) is 0 Å². The van der Waals surface area contributed by atoms with Gasteiger partial charge in [-0.05, 0) is 19.8 Å². The molecule has 21 heavy (non-hydrogen) atoms. The molecule has 0 bridgehead atoms. The first-order chi connectivity index (χ1) is 9.99. The van der Waals surface area contributed by atoms with Gasteiger partial charge in [0, 0.05) is 26.1 Å². The van der Waals surface area contributed by atoms with Crippen molar-refractivity contribution < 1.29 is 29.3 Å². The number of carbonyl (C=O) groups excluding carboxylic acids is 2. The number of aliphatic carboxylic acids is 1. The first-order valence-corrected chi connectivity index (χ1v) is 7.05. The molecule has 0 unspecified atom stereocenters. The van der Waals surface area contributed by atoms with Crippen LogP contribution in [0.3, 0.4) is 0 Å². The summed E-state index contributed by atoms with van der Waals surface area (Å²) in [6, 6.07) is -1.59. The lowest BCUT2D eigenvalue weighted by molar-refractivity contribution is -0.149. The average Bonchev–Trinajstić information content (AvgIpc) is 2.47. The molecule has 3 N–H and O–H groups in total. The fourth-order valence-corrected chi connectivity index (χ4v) is 2.21. The van der Waals surface area contributed by atoms with E-state index < -0.39 is 18.0 Å². The van der Waals surface area contributed by atoms with Gasteiger partial charge in [0.05, 0.1) is 12.5 Å². The molecular formula is C13H22N2O6. The van der Waals surface area contributed by atoms with Gasteiger partial charge in [-0.2, -0.15) is 0 Å². The van der Waals surface area contributed by atoms with Crippen molar-refractivity contribution in [1.29, 1.82) is 0 Å². The lowest BCUT2D eigenvalue weighted by Gasteiger charge is -2.31. The van der Waals surface area contributed by atoms with Crippen LogP contribution in [-0.4, -0.2) is 65.4 Å². The van der Waals surface area contributed by atoms with Crippen LogP contribution in [0.4, 0.5) is 4.79 Å². The Morgan fingerprint density at radius 1 is 1.33 bits per heavy atom. The summed E-state index contributed by atoms with van der Waals surface area (Å²) >= 11 is 0. The molecule has 0 spiro atoms. The maximum atomic E-state index is 11.9. The highest BCUT2D eigenvalue weighted by molar-refractivity contribution is 5.82. The van der Waals surface area contributed by atoms with Gasteiger partial charge in [0.2, 0.25) is 0 Å². The summed E-state index contributed by atoms with van der Waals surface area (Å²) in [7, 11) is 0. The van der Waals surface area contributed by atoms with Gasteiger partial charge in [-0.3, -0.25) is 4.79 Å². The van der Waals surface area contributed by atoms with Crippen molar-refractivity contribution in [1.82, 2.24) is 10.2 Å². The summed E-state index contributed by atoms with van der Waals surface area (Å²) in [5, 5.41) is 20.1. The Labute approximate surface area is 123 Å². The number of likely N-dealkylation sites (tertiary alicyclic amines) is 1. The molecule has 0 saturated carbocycles. The number of ether oxygens (including phenoxy) is 1. The monoisotopic (exact) mass is 302 g/mol. The minimum Gasteiger partial charge on any atom is -0.480 e. The Morgan fingerprint density at radius 2 is 1.95 bits per heavy atom. The normalized spacial score (nSPS) is 17.1. The maximum Gasteiger partial charge on any atom is 0.326 e. The Morgan fingerprint density at radius 3 is 2.43 bits per heavy atom. The number of carboxylic acids is 1. The Balaban J connectivity index is 2.44. The van der Waals surface area contributed by atoms with Gasteiger partial charge in [0.15, 0.2) is 0 Å². The molecule has 0 aromatic rings. The highest BCUT2D eigenvalue weighted by Gasteiger charge is 2.29. The van der Waals surface area contributed by atoms with E-state index in [9.17, 15) is 14.4 Å². The summed E-state index contributed by atoms with van der Waals surface area (Å²) < 4.78 is 4.94. The number of hydrogen-bond donors (Lipinski definition) is 3. The van der Waals surface area contributed by atoms with Crippen molar-refractivity contribution in [3.05, 3.63) is 0 Å². The average molecular weight is 302 g/mol.